The molecule has 1 aromatic heterocycles. The molecule has 0 saturated heterocycles. The third kappa shape index (κ3) is 1.12. The topological polar surface area (TPSA) is 63.3 Å². The molecule has 0 radical (unpaired) electrons. The second-order valence-electron chi connectivity index (χ2n) is 3.83. The standard InChI is InChI=1S/C9H10FNO3/c1-4-6(7(12)13)14-8(11-4)9(2)3-5(9)10/h5H,3H2,1-2H3,(H,12,13). The van der Waals surface area contributed by atoms with Crippen molar-refractivity contribution < 1.29 is 18.7 Å². The summed E-state index contributed by atoms with van der Waals surface area (Å²) in [6.07, 6.45) is -0.617. The zero-order valence-electron chi connectivity index (χ0n) is 7.87. The Kier molecular flexibility index (Phi) is 1.68. The van der Waals surface area contributed by atoms with Crippen LogP contribution in [0.25, 0.3) is 0 Å². The number of rotatable bonds is 2. The maximum Gasteiger partial charge on any atom is 0.373 e. The predicted octanol–water partition coefficient (Wildman–Crippen LogP) is 1.68. The number of carbonyl (C=O) groups is 1. The van der Waals surface area contributed by atoms with E-state index >= 15 is 0 Å². The predicted molar refractivity (Wildman–Crippen MR) is 45.1 cm³/mol. The maximum absolute atomic E-state index is 12.9. The lowest BCUT2D eigenvalue weighted by Gasteiger charge is -1.99. The lowest BCUT2D eigenvalue weighted by atomic mass is 10.1. The molecule has 1 aliphatic carbocycles. The van der Waals surface area contributed by atoms with Crippen molar-refractivity contribution in [2.75, 3.05) is 0 Å². The van der Waals surface area contributed by atoms with E-state index in [9.17, 15) is 9.18 Å². The molecule has 0 spiro atoms. The molecule has 0 bridgehead atoms. The van der Waals surface area contributed by atoms with Crippen LogP contribution in [-0.4, -0.2) is 22.2 Å². The molecule has 0 amide bonds. The molecule has 2 rings (SSSR count). The second kappa shape index (κ2) is 2.56. The summed E-state index contributed by atoms with van der Waals surface area (Å²) in [5, 5.41) is 8.70. The van der Waals surface area contributed by atoms with Crippen LogP contribution >= 0.6 is 0 Å². The minimum atomic E-state index is -1.17. The molecule has 2 atom stereocenters. The highest BCUT2D eigenvalue weighted by atomic mass is 19.1. The summed E-state index contributed by atoms with van der Waals surface area (Å²) in [4.78, 5) is 14.6. The number of aromatic nitrogens is 1. The fourth-order valence-corrected chi connectivity index (χ4v) is 1.37. The van der Waals surface area contributed by atoms with Crippen molar-refractivity contribution in [3.63, 3.8) is 0 Å². The van der Waals surface area contributed by atoms with Crippen molar-refractivity contribution in [3.05, 3.63) is 17.3 Å². The molecule has 1 fully saturated rings. The van der Waals surface area contributed by atoms with E-state index in [0.717, 1.165) is 0 Å². The number of alkyl halides is 1. The van der Waals surface area contributed by atoms with Gasteiger partial charge in [0.1, 0.15) is 6.17 Å². The number of carboxylic acids is 1. The average Bonchev–Trinajstić information content (AvgIpc) is 2.57. The van der Waals surface area contributed by atoms with Gasteiger partial charge in [-0.15, -0.1) is 0 Å². The normalized spacial score (nSPS) is 30.4. The molecule has 76 valence electrons. The summed E-state index contributed by atoms with van der Waals surface area (Å²) < 4.78 is 18.0. The van der Waals surface area contributed by atoms with Gasteiger partial charge in [-0.25, -0.2) is 14.2 Å². The molecule has 1 aliphatic rings. The van der Waals surface area contributed by atoms with Crippen LogP contribution in [0.3, 0.4) is 0 Å². The Morgan fingerprint density at radius 3 is 2.71 bits per heavy atom. The first kappa shape index (κ1) is 9.18. The van der Waals surface area contributed by atoms with Gasteiger partial charge in [-0.1, -0.05) is 0 Å². The summed E-state index contributed by atoms with van der Waals surface area (Å²) in [6.45, 7) is 3.21. The van der Waals surface area contributed by atoms with Gasteiger partial charge in [0, 0.05) is 0 Å². The van der Waals surface area contributed by atoms with E-state index in [1.165, 1.54) is 6.92 Å². The zero-order chi connectivity index (χ0) is 10.5. The van der Waals surface area contributed by atoms with Crippen LogP contribution in [0.4, 0.5) is 4.39 Å². The van der Waals surface area contributed by atoms with Gasteiger partial charge in [0.05, 0.1) is 11.1 Å². The Labute approximate surface area is 79.8 Å². The molecule has 1 aromatic rings. The summed E-state index contributed by atoms with van der Waals surface area (Å²) >= 11 is 0. The molecular formula is C9H10FNO3. The molecule has 1 heterocycles. The van der Waals surface area contributed by atoms with E-state index in [4.69, 9.17) is 9.52 Å². The number of aromatic carboxylic acids is 1. The van der Waals surface area contributed by atoms with Crippen LogP contribution in [0, 0.1) is 6.92 Å². The highest BCUT2D eigenvalue weighted by Crippen LogP contribution is 2.50. The van der Waals surface area contributed by atoms with Gasteiger partial charge in [0.15, 0.2) is 0 Å². The molecule has 0 aliphatic heterocycles. The molecule has 4 nitrogen and oxygen atoms in total. The zero-order valence-corrected chi connectivity index (χ0v) is 7.87. The fourth-order valence-electron chi connectivity index (χ4n) is 1.37. The number of aryl methyl sites for hydroxylation is 1. The van der Waals surface area contributed by atoms with Crippen molar-refractivity contribution in [2.24, 2.45) is 0 Å². The van der Waals surface area contributed by atoms with Crippen molar-refractivity contribution in [1.29, 1.82) is 0 Å². The van der Waals surface area contributed by atoms with E-state index in [0.29, 0.717) is 12.1 Å². The second-order valence-corrected chi connectivity index (χ2v) is 3.83. The van der Waals surface area contributed by atoms with Crippen molar-refractivity contribution in [2.45, 2.75) is 31.9 Å². The Balaban J connectivity index is 2.39. The number of carboxylic acid groups (broad SMARTS) is 1. The highest BCUT2D eigenvalue weighted by molar-refractivity contribution is 5.85. The number of nitrogens with zero attached hydrogens (tertiary/aromatic N) is 1. The van der Waals surface area contributed by atoms with E-state index in [1.54, 1.807) is 6.92 Å². The molecule has 5 heteroatoms. The van der Waals surface area contributed by atoms with Crippen LogP contribution in [0.15, 0.2) is 4.42 Å². The molecule has 1 N–H and O–H groups in total. The fraction of sp³-hybridized carbons (Fsp3) is 0.556. The summed E-state index contributed by atoms with van der Waals surface area (Å²) in [7, 11) is 0. The average molecular weight is 199 g/mol. The first-order valence-electron chi connectivity index (χ1n) is 4.30. The van der Waals surface area contributed by atoms with Gasteiger partial charge in [-0.05, 0) is 20.3 Å². The van der Waals surface area contributed by atoms with Gasteiger partial charge in [0.2, 0.25) is 11.7 Å². The van der Waals surface area contributed by atoms with Gasteiger partial charge in [-0.2, -0.15) is 0 Å². The third-order valence-corrected chi connectivity index (χ3v) is 2.61. The number of hydrogen-bond donors (Lipinski definition) is 1. The van der Waals surface area contributed by atoms with Crippen LogP contribution < -0.4 is 0 Å². The van der Waals surface area contributed by atoms with Crippen LogP contribution in [0.5, 0.6) is 0 Å². The van der Waals surface area contributed by atoms with E-state index in [1.807, 2.05) is 0 Å². The summed E-state index contributed by atoms with van der Waals surface area (Å²) in [6, 6.07) is 0. The molecule has 1 saturated carbocycles. The largest absolute Gasteiger partial charge is 0.475 e. The van der Waals surface area contributed by atoms with Crippen LogP contribution in [0.2, 0.25) is 0 Å². The first-order valence-corrected chi connectivity index (χ1v) is 4.30. The molecular weight excluding hydrogens is 189 g/mol. The lowest BCUT2D eigenvalue weighted by Crippen LogP contribution is -2.04. The minimum Gasteiger partial charge on any atom is -0.475 e. The summed E-state index contributed by atoms with van der Waals surface area (Å²) in [5.41, 5.74) is -0.411. The summed E-state index contributed by atoms with van der Waals surface area (Å²) in [5.74, 6) is -1.17. The molecule has 0 aromatic carbocycles. The Bertz CT molecular complexity index is 401. The van der Waals surface area contributed by atoms with Crippen LogP contribution in [-0.2, 0) is 5.41 Å². The van der Waals surface area contributed by atoms with Gasteiger partial charge in [-0.3, -0.25) is 0 Å². The van der Waals surface area contributed by atoms with Crippen LogP contribution in [0.1, 0.15) is 35.5 Å². The smallest absolute Gasteiger partial charge is 0.373 e. The molecule has 14 heavy (non-hydrogen) atoms. The van der Waals surface area contributed by atoms with E-state index in [2.05, 4.69) is 4.98 Å². The first-order chi connectivity index (χ1) is 6.45. The van der Waals surface area contributed by atoms with Gasteiger partial charge >= 0.3 is 5.97 Å². The van der Waals surface area contributed by atoms with Crippen molar-refractivity contribution in [1.82, 2.24) is 4.98 Å². The number of oxazole rings is 1. The molecule has 2 unspecified atom stereocenters. The van der Waals surface area contributed by atoms with E-state index in [-0.39, 0.29) is 11.7 Å². The Hall–Kier alpha value is -1.39. The van der Waals surface area contributed by atoms with Gasteiger partial charge in [0.25, 0.3) is 0 Å². The maximum atomic E-state index is 12.9. The van der Waals surface area contributed by atoms with E-state index < -0.39 is 17.6 Å². The Morgan fingerprint density at radius 2 is 2.36 bits per heavy atom. The Morgan fingerprint density at radius 1 is 1.79 bits per heavy atom. The number of hydrogen-bond acceptors (Lipinski definition) is 3. The van der Waals surface area contributed by atoms with Gasteiger partial charge < -0.3 is 9.52 Å². The third-order valence-electron chi connectivity index (χ3n) is 2.61. The minimum absolute atomic E-state index is 0.194. The number of halogens is 1. The van der Waals surface area contributed by atoms with Crippen molar-refractivity contribution in [3.8, 4) is 0 Å². The lowest BCUT2D eigenvalue weighted by molar-refractivity contribution is 0.0658. The quantitative estimate of drug-likeness (QED) is 0.787. The van der Waals surface area contributed by atoms with Crippen molar-refractivity contribution >= 4 is 5.97 Å². The highest BCUT2D eigenvalue weighted by Gasteiger charge is 2.56. The SMILES string of the molecule is Cc1nc(C2(C)CC2F)oc1C(=O)O. The monoisotopic (exact) mass is 199 g/mol.